The first-order valence-corrected chi connectivity index (χ1v) is 22.1. The van der Waals surface area contributed by atoms with Gasteiger partial charge in [-0.1, -0.05) is 137 Å². The summed E-state index contributed by atoms with van der Waals surface area (Å²) in [6, 6.07) is 0. The second-order valence-electron chi connectivity index (χ2n) is 13.4. The minimum atomic E-state index is -4.65. The second kappa shape index (κ2) is 39.0. The molecule has 0 fully saturated rings. The van der Waals surface area contributed by atoms with Gasteiger partial charge in [0.25, 0.3) is 0 Å². The van der Waals surface area contributed by atoms with Crippen LogP contribution >= 0.6 is 7.82 Å². The van der Waals surface area contributed by atoms with Crippen LogP contribution in [0.25, 0.3) is 0 Å². The molecular formula is C44H73O11P. The first kappa shape index (κ1) is 53.1. The highest BCUT2D eigenvalue weighted by molar-refractivity contribution is 7.47. The number of carbonyl (C=O) groups is 2. The van der Waals surface area contributed by atoms with Gasteiger partial charge in [-0.3, -0.25) is 18.6 Å². The van der Waals surface area contributed by atoms with Crippen LogP contribution in [-0.2, 0) is 32.7 Å². The highest BCUT2D eigenvalue weighted by atomic mass is 31.2. The Labute approximate surface area is 337 Å². The van der Waals surface area contributed by atoms with Crippen LogP contribution in [0.4, 0.5) is 0 Å². The van der Waals surface area contributed by atoms with E-state index in [0.717, 1.165) is 89.9 Å². The number of ether oxygens (including phenoxy) is 2. The van der Waals surface area contributed by atoms with Crippen LogP contribution in [0, 0.1) is 0 Å². The monoisotopic (exact) mass is 808 g/mol. The van der Waals surface area contributed by atoms with Gasteiger partial charge >= 0.3 is 19.8 Å². The number of hydrogen-bond donors (Lipinski definition) is 4. The average molecular weight is 809 g/mol. The molecule has 12 heteroatoms. The lowest BCUT2D eigenvalue weighted by Gasteiger charge is -2.20. The van der Waals surface area contributed by atoms with E-state index in [4.69, 9.17) is 19.1 Å². The highest BCUT2D eigenvalue weighted by Crippen LogP contribution is 2.43. The number of aliphatic hydroxyl groups is 3. The maximum absolute atomic E-state index is 12.6. The molecule has 0 aliphatic carbocycles. The molecule has 4 N–H and O–H groups in total. The van der Waals surface area contributed by atoms with Gasteiger partial charge < -0.3 is 29.7 Å². The molecule has 0 aromatic rings. The van der Waals surface area contributed by atoms with E-state index in [1.165, 1.54) is 0 Å². The number of hydrogen-bond acceptors (Lipinski definition) is 10. The number of phosphoric acid groups is 1. The van der Waals surface area contributed by atoms with Gasteiger partial charge in [-0.25, -0.2) is 4.57 Å². The van der Waals surface area contributed by atoms with E-state index < -0.39 is 57.9 Å². The summed E-state index contributed by atoms with van der Waals surface area (Å²) < 4.78 is 32.6. The van der Waals surface area contributed by atoms with E-state index in [-0.39, 0.29) is 19.4 Å². The first-order chi connectivity index (χ1) is 27.1. The van der Waals surface area contributed by atoms with Gasteiger partial charge in [-0.15, -0.1) is 0 Å². The molecule has 0 saturated heterocycles. The molecule has 0 aliphatic rings. The van der Waals surface area contributed by atoms with Crippen LogP contribution in [0.3, 0.4) is 0 Å². The fourth-order valence-corrected chi connectivity index (χ4v) is 5.78. The van der Waals surface area contributed by atoms with Crippen LogP contribution in [0.15, 0.2) is 85.1 Å². The van der Waals surface area contributed by atoms with E-state index in [1.807, 2.05) is 18.2 Å². The molecule has 0 aliphatic heterocycles. The molecule has 0 aromatic carbocycles. The van der Waals surface area contributed by atoms with Crippen LogP contribution in [0.2, 0.25) is 0 Å². The molecule has 56 heavy (non-hydrogen) atoms. The van der Waals surface area contributed by atoms with E-state index in [1.54, 1.807) is 6.08 Å². The zero-order chi connectivity index (χ0) is 41.4. The van der Waals surface area contributed by atoms with Gasteiger partial charge in [0.05, 0.1) is 25.9 Å². The predicted octanol–water partition coefficient (Wildman–Crippen LogP) is 9.63. The molecule has 11 nitrogen and oxygen atoms in total. The van der Waals surface area contributed by atoms with Crippen molar-refractivity contribution in [1.82, 2.24) is 0 Å². The molecule has 0 radical (unpaired) electrons. The number of phosphoric ester groups is 1. The number of rotatable bonds is 37. The van der Waals surface area contributed by atoms with E-state index in [2.05, 4.69) is 79.1 Å². The standard InChI is InChI=1S/C44H73O11P/c1-3-5-7-9-11-12-13-14-15-16-17-18-19-20-22-26-31-35-44(49)55-42(39-54-56(50,51)53-37-41(47)36-45)38-52-43(48)34-30-27-23-25-29-33-40(46)32-28-24-21-10-8-6-4-2/h5-8,11-12,14-15,17-18,21,24,28,32,40-42,45-47H,3-4,9-10,13,16,19-20,22-23,25-27,29-31,33-39H2,1-2H3,(H,50,51)/b7-5-,8-6+,12-11-,15-14-,18-17-,24-21+,32-28+/t40?,41-,42+/m0/s1. The van der Waals surface area contributed by atoms with Crippen LogP contribution in [0.5, 0.6) is 0 Å². The zero-order valence-electron chi connectivity index (χ0n) is 34.2. The molecule has 0 aromatic heterocycles. The van der Waals surface area contributed by atoms with Gasteiger partial charge in [-0.2, -0.15) is 0 Å². The Balaban J connectivity index is 4.48. The number of allylic oxidation sites excluding steroid dienone is 13. The molecule has 2 unspecified atom stereocenters. The predicted molar refractivity (Wildman–Crippen MR) is 225 cm³/mol. The van der Waals surface area contributed by atoms with Crippen molar-refractivity contribution in [2.45, 2.75) is 154 Å². The van der Waals surface area contributed by atoms with Gasteiger partial charge in [-0.05, 0) is 70.6 Å². The van der Waals surface area contributed by atoms with E-state index >= 15 is 0 Å². The van der Waals surface area contributed by atoms with Crippen LogP contribution in [0.1, 0.15) is 136 Å². The number of esters is 2. The molecule has 0 amide bonds. The van der Waals surface area contributed by atoms with E-state index in [9.17, 15) is 29.3 Å². The molecule has 320 valence electrons. The van der Waals surface area contributed by atoms with Crippen molar-refractivity contribution in [3.8, 4) is 0 Å². The molecule has 0 heterocycles. The second-order valence-corrected chi connectivity index (χ2v) is 14.9. The summed E-state index contributed by atoms with van der Waals surface area (Å²) in [5.74, 6) is -1.04. The Kier molecular flexibility index (Phi) is 36.9. The van der Waals surface area contributed by atoms with Gasteiger partial charge in [0.15, 0.2) is 6.10 Å². The topological polar surface area (TPSA) is 169 Å². The van der Waals surface area contributed by atoms with E-state index in [0.29, 0.717) is 19.3 Å². The van der Waals surface area contributed by atoms with Crippen molar-refractivity contribution in [2.75, 3.05) is 26.4 Å². The lowest BCUT2D eigenvalue weighted by molar-refractivity contribution is -0.161. The quantitative estimate of drug-likeness (QED) is 0.0155. The molecule has 0 bridgehead atoms. The van der Waals surface area contributed by atoms with Crippen molar-refractivity contribution in [3.63, 3.8) is 0 Å². The Hall–Kier alpha value is -2.89. The molecule has 0 rings (SSSR count). The maximum atomic E-state index is 12.6. The highest BCUT2D eigenvalue weighted by Gasteiger charge is 2.27. The number of unbranched alkanes of at least 4 members (excludes halogenated alkanes) is 8. The molecule has 0 spiro atoms. The Morgan fingerprint density at radius 1 is 0.607 bits per heavy atom. The fraction of sp³-hybridized carbons (Fsp3) is 0.636. The molecule has 0 saturated carbocycles. The summed E-state index contributed by atoms with van der Waals surface area (Å²) in [7, 11) is -4.65. The third kappa shape index (κ3) is 38.0. The largest absolute Gasteiger partial charge is 0.472 e. The first-order valence-electron chi connectivity index (χ1n) is 20.7. The summed E-state index contributed by atoms with van der Waals surface area (Å²) in [5.41, 5.74) is 0. The maximum Gasteiger partial charge on any atom is 0.472 e. The SMILES string of the molecule is CC/C=C\C/C=C\C/C=C\C/C=C\CCCCCCC(=O)O[C@H](COC(=O)CCCCCCCC(O)/C=C/C=C/C/C=C/CC)COP(=O)(O)OC[C@@H](O)CO. The van der Waals surface area contributed by atoms with Crippen LogP contribution in [-0.4, -0.2) is 76.9 Å². The zero-order valence-corrected chi connectivity index (χ0v) is 35.1. The van der Waals surface area contributed by atoms with Crippen molar-refractivity contribution >= 4 is 19.8 Å². The normalized spacial score (nSPS) is 15.3. The Morgan fingerprint density at radius 2 is 1.12 bits per heavy atom. The third-order valence-corrected chi connectivity index (χ3v) is 9.10. The average Bonchev–Trinajstić information content (AvgIpc) is 3.18. The number of aliphatic hydroxyl groups excluding tert-OH is 3. The van der Waals surface area contributed by atoms with Crippen molar-refractivity contribution < 1.29 is 52.9 Å². The van der Waals surface area contributed by atoms with Gasteiger partial charge in [0, 0.05) is 12.8 Å². The Bertz CT molecular complexity index is 1220. The van der Waals surface area contributed by atoms with Gasteiger partial charge in [0.1, 0.15) is 12.7 Å². The van der Waals surface area contributed by atoms with Gasteiger partial charge in [0.2, 0.25) is 0 Å². The fourth-order valence-electron chi connectivity index (χ4n) is 4.99. The summed E-state index contributed by atoms with van der Waals surface area (Å²) in [5, 5.41) is 28.4. The molecule has 4 atom stereocenters. The lowest BCUT2D eigenvalue weighted by Crippen LogP contribution is -2.29. The summed E-state index contributed by atoms with van der Waals surface area (Å²) >= 11 is 0. The smallest absolute Gasteiger partial charge is 0.462 e. The van der Waals surface area contributed by atoms with Crippen molar-refractivity contribution in [3.05, 3.63) is 85.1 Å². The Morgan fingerprint density at radius 3 is 1.75 bits per heavy atom. The van der Waals surface area contributed by atoms with Crippen LogP contribution < -0.4 is 0 Å². The van der Waals surface area contributed by atoms with Crippen molar-refractivity contribution in [1.29, 1.82) is 0 Å². The minimum absolute atomic E-state index is 0.131. The summed E-state index contributed by atoms with van der Waals surface area (Å²) in [4.78, 5) is 35.0. The minimum Gasteiger partial charge on any atom is -0.462 e. The summed E-state index contributed by atoms with van der Waals surface area (Å²) in [6.45, 7) is 1.97. The number of carbonyl (C=O) groups excluding carboxylic acids is 2. The molecular weight excluding hydrogens is 735 g/mol. The lowest BCUT2D eigenvalue weighted by atomic mass is 10.1. The van der Waals surface area contributed by atoms with Crippen molar-refractivity contribution in [2.24, 2.45) is 0 Å². The third-order valence-electron chi connectivity index (χ3n) is 8.15. The summed E-state index contributed by atoms with van der Waals surface area (Å²) in [6.07, 6.45) is 41.4.